The molecule has 0 saturated heterocycles. The van der Waals surface area contributed by atoms with Crippen molar-refractivity contribution in [1.29, 1.82) is 0 Å². The molecule has 1 aliphatic heterocycles. The minimum absolute atomic E-state index is 0.544. The van der Waals surface area contributed by atoms with Crippen molar-refractivity contribution in [2.75, 3.05) is 5.32 Å². The molecule has 1 aromatic heterocycles. The maximum absolute atomic E-state index is 9.19. The smallest absolute Gasteiger partial charge is 0.144 e. The van der Waals surface area contributed by atoms with E-state index >= 15 is 0 Å². The Bertz CT molecular complexity index is 301. The molecule has 1 aromatic rings. The third-order valence-electron chi connectivity index (χ3n) is 1.85. The Labute approximate surface area is 64.7 Å². The van der Waals surface area contributed by atoms with Crippen LogP contribution in [-0.2, 0) is 0 Å². The summed E-state index contributed by atoms with van der Waals surface area (Å²) in [6.45, 7) is 1.99. The number of hydrogen-bond donors (Lipinski definition) is 3. The van der Waals surface area contributed by atoms with Crippen molar-refractivity contribution < 1.29 is 5.11 Å². The number of nitrogens with one attached hydrogen (secondary N) is 2. The van der Waals surface area contributed by atoms with Gasteiger partial charge in [0.15, 0.2) is 0 Å². The first-order valence-corrected chi connectivity index (χ1v) is 3.58. The number of H-pyrrole nitrogens is 1. The molecule has 0 fully saturated rings. The van der Waals surface area contributed by atoms with Crippen LogP contribution in [0.25, 0.3) is 6.08 Å². The van der Waals surface area contributed by atoms with Crippen molar-refractivity contribution in [2.45, 2.75) is 13.2 Å². The minimum Gasteiger partial charge on any atom is -0.370 e. The lowest BCUT2D eigenvalue weighted by atomic mass is 10.2. The average Bonchev–Trinajstić information content (AvgIpc) is 2.33. The number of anilines is 1. The largest absolute Gasteiger partial charge is 0.370 e. The van der Waals surface area contributed by atoms with Gasteiger partial charge >= 0.3 is 0 Å². The second kappa shape index (κ2) is 2.13. The third kappa shape index (κ3) is 0.935. The predicted octanol–water partition coefficient (Wildman–Crippen LogP) is 1.08. The van der Waals surface area contributed by atoms with Crippen LogP contribution in [-0.4, -0.2) is 16.3 Å². The number of aliphatic hydroxyl groups excluding tert-OH is 1. The molecule has 2 rings (SSSR count). The highest BCUT2D eigenvalue weighted by molar-refractivity contribution is 5.70. The number of hydrogen-bond acceptors (Lipinski definition) is 2. The number of aliphatic hydroxyl groups is 1. The third-order valence-corrected chi connectivity index (χ3v) is 1.85. The molecule has 1 unspecified atom stereocenters. The maximum atomic E-state index is 9.19. The monoisotopic (exact) mass is 150 g/mol. The van der Waals surface area contributed by atoms with Crippen molar-refractivity contribution in [3.05, 3.63) is 23.5 Å². The summed E-state index contributed by atoms with van der Waals surface area (Å²) in [5.74, 6) is 0. The van der Waals surface area contributed by atoms with Gasteiger partial charge < -0.3 is 15.4 Å². The van der Waals surface area contributed by atoms with Crippen LogP contribution in [0.4, 0.5) is 5.69 Å². The van der Waals surface area contributed by atoms with Crippen LogP contribution in [0, 0.1) is 6.92 Å². The molecule has 3 N–H and O–H groups in total. The summed E-state index contributed by atoms with van der Waals surface area (Å²) >= 11 is 0. The Hall–Kier alpha value is -1.22. The van der Waals surface area contributed by atoms with Gasteiger partial charge in [-0.05, 0) is 24.6 Å². The minimum atomic E-state index is -0.544. The maximum Gasteiger partial charge on any atom is 0.144 e. The molecule has 11 heavy (non-hydrogen) atoms. The highest BCUT2D eigenvalue weighted by Gasteiger charge is 2.12. The highest BCUT2D eigenvalue weighted by atomic mass is 16.3. The van der Waals surface area contributed by atoms with Gasteiger partial charge in [-0.3, -0.25) is 0 Å². The van der Waals surface area contributed by atoms with E-state index in [1.165, 1.54) is 0 Å². The molecule has 0 amide bonds. The SMILES string of the molecule is Cc1c[nH]c2c1NC(O)C=C2. The zero-order valence-electron chi connectivity index (χ0n) is 6.26. The normalized spacial score (nSPS) is 21.1. The fourth-order valence-electron chi connectivity index (χ4n) is 1.25. The van der Waals surface area contributed by atoms with Crippen molar-refractivity contribution in [2.24, 2.45) is 0 Å². The van der Waals surface area contributed by atoms with Crippen LogP contribution < -0.4 is 5.32 Å². The van der Waals surface area contributed by atoms with E-state index in [1.54, 1.807) is 6.08 Å². The summed E-state index contributed by atoms with van der Waals surface area (Å²) in [5.41, 5.74) is 3.16. The molecular formula is C8H10N2O. The van der Waals surface area contributed by atoms with Gasteiger partial charge in [-0.1, -0.05) is 0 Å². The van der Waals surface area contributed by atoms with Crippen LogP contribution in [0.2, 0.25) is 0 Å². The van der Waals surface area contributed by atoms with E-state index in [9.17, 15) is 5.11 Å². The van der Waals surface area contributed by atoms with E-state index in [2.05, 4.69) is 10.3 Å². The quantitative estimate of drug-likeness (QED) is 0.518. The van der Waals surface area contributed by atoms with Gasteiger partial charge in [0.25, 0.3) is 0 Å². The van der Waals surface area contributed by atoms with E-state index in [1.807, 2.05) is 19.2 Å². The standard InChI is InChI=1S/C8H10N2O/c1-5-4-9-6-2-3-7(11)10-8(5)6/h2-4,7,9-11H,1H3. The van der Waals surface area contributed by atoms with Crippen molar-refractivity contribution in [3.63, 3.8) is 0 Å². The van der Waals surface area contributed by atoms with Crippen LogP contribution in [0.15, 0.2) is 12.3 Å². The molecular weight excluding hydrogens is 140 g/mol. The summed E-state index contributed by atoms with van der Waals surface area (Å²) in [7, 11) is 0. The van der Waals surface area contributed by atoms with Gasteiger partial charge in [0.1, 0.15) is 6.23 Å². The Kier molecular flexibility index (Phi) is 1.26. The summed E-state index contributed by atoms with van der Waals surface area (Å²) in [6, 6.07) is 0. The van der Waals surface area contributed by atoms with Gasteiger partial charge in [0, 0.05) is 6.20 Å². The number of fused-ring (bicyclic) bond motifs is 1. The van der Waals surface area contributed by atoms with Crippen LogP contribution in [0.5, 0.6) is 0 Å². The van der Waals surface area contributed by atoms with Gasteiger partial charge in [-0.15, -0.1) is 0 Å². The van der Waals surface area contributed by atoms with Crippen LogP contribution in [0.3, 0.4) is 0 Å². The summed E-state index contributed by atoms with van der Waals surface area (Å²) in [4.78, 5) is 3.09. The predicted molar refractivity (Wildman–Crippen MR) is 44.2 cm³/mol. The lowest BCUT2D eigenvalue weighted by Gasteiger charge is -2.15. The molecule has 0 aromatic carbocycles. The second-order valence-corrected chi connectivity index (χ2v) is 2.71. The Morgan fingerprint density at radius 2 is 2.36 bits per heavy atom. The molecule has 0 spiro atoms. The summed E-state index contributed by atoms with van der Waals surface area (Å²) in [6.07, 6.45) is 4.96. The van der Waals surface area contributed by atoms with Crippen LogP contribution in [0.1, 0.15) is 11.3 Å². The molecule has 2 heterocycles. The molecule has 0 bridgehead atoms. The molecule has 3 nitrogen and oxygen atoms in total. The molecule has 1 atom stereocenters. The molecule has 3 heteroatoms. The first kappa shape index (κ1) is 6.49. The second-order valence-electron chi connectivity index (χ2n) is 2.71. The van der Waals surface area contributed by atoms with Gasteiger partial charge in [0.2, 0.25) is 0 Å². The summed E-state index contributed by atoms with van der Waals surface area (Å²) < 4.78 is 0. The zero-order valence-corrected chi connectivity index (χ0v) is 6.26. The average molecular weight is 150 g/mol. The Balaban J connectivity index is 2.48. The molecule has 1 aliphatic rings. The lowest BCUT2D eigenvalue weighted by Crippen LogP contribution is -2.18. The van der Waals surface area contributed by atoms with Gasteiger partial charge in [-0.2, -0.15) is 0 Å². The molecule has 0 saturated carbocycles. The number of aryl methyl sites for hydroxylation is 1. The van der Waals surface area contributed by atoms with E-state index in [0.29, 0.717) is 0 Å². The first-order valence-electron chi connectivity index (χ1n) is 3.58. The van der Waals surface area contributed by atoms with E-state index in [0.717, 1.165) is 16.9 Å². The lowest BCUT2D eigenvalue weighted by molar-refractivity contribution is 0.252. The van der Waals surface area contributed by atoms with Crippen molar-refractivity contribution in [3.8, 4) is 0 Å². The topological polar surface area (TPSA) is 48.0 Å². The zero-order chi connectivity index (χ0) is 7.84. The molecule has 0 radical (unpaired) electrons. The number of aromatic amines is 1. The van der Waals surface area contributed by atoms with E-state index in [4.69, 9.17) is 0 Å². The van der Waals surface area contributed by atoms with Crippen molar-refractivity contribution in [1.82, 2.24) is 4.98 Å². The summed E-state index contributed by atoms with van der Waals surface area (Å²) in [5, 5.41) is 12.1. The van der Waals surface area contributed by atoms with Crippen molar-refractivity contribution >= 4 is 11.8 Å². The number of aromatic nitrogens is 1. The first-order chi connectivity index (χ1) is 5.27. The Morgan fingerprint density at radius 1 is 1.55 bits per heavy atom. The van der Waals surface area contributed by atoms with E-state index < -0.39 is 6.23 Å². The number of rotatable bonds is 0. The fraction of sp³-hybridized carbons (Fsp3) is 0.250. The highest BCUT2D eigenvalue weighted by Crippen LogP contribution is 2.24. The molecule has 58 valence electrons. The molecule has 0 aliphatic carbocycles. The Morgan fingerprint density at radius 3 is 3.18 bits per heavy atom. The van der Waals surface area contributed by atoms with Gasteiger partial charge in [0.05, 0.1) is 11.4 Å². The van der Waals surface area contributed by atoms with Gasteiger partial charge in [-0.25, -0.2) is 0 Å². The van der Waals surface area contributed by atoms with Crippen LogP contribution >= 0.6 is 0 Å². The van der Waals surface area contributed by atoms with E-state index in [-0.39, 0.29) is 0 Å². The fourth-order valence-corrected chi connectivity index (χ4v) is 1.25.